The second-order valence-electron chi connectivity index (χ2n) is 8.45. The number of sulfonamides is 1. The van der Waals surface area contributed by atoms with Gasteiger partial charge in [-0.3, -0.25) is 4.90 Å². The van der Waals surface area contributed by atoms with Crippen molar-refractivity contribution in [3.05, 3.63) is 47.5 Å². The number of ether oxygens (including phenoxy) is 3. The molecule has 1 saturated heterocycles. The lowest BCUT2D eigenvalue weighted by Gasteiger charge is -2.36. The molecule has 0 bridgehead atoms. The fourth-order valence-corrected chi connectivity index (χ4v) is 5.67. The van der Waals surface area contributed by atoms with Gasteiger partial charge in [0.05, 0.1) is 32.3 Å². The first-order valence-corrected chi connectivity index (χ1v) is 12.8. The quantitative estimate of drug-likeness (QED) is 0.628. The van der Waals surface area contributed by atoms with Crippen LogP contribution in [0, 0.1) is 0 Å². The number of hydrogen-bond acceptors (Lipinski definition) is 7. The van der Waals surface area contributed by atoms with Crippen molar-refractivity contribution in [1.82, 2.24) is 9.62 Å². The van der Waals surface area contributed by atoms with Crippen molar-refractivity contribution < 1.29 is 22.6 Å². The maximum absolute atomic E-state index is 13.1. The van der Waals surface area contributed by atoms with E-state index >= 15 is 0 Å². The van der Waals surface area contributed by atoms with E-state index in [1.807, 2.05) is 0 Å². The number of morpholine rings is 1. The van der Waals surface area contributed by atoms with E-state index in [4.69, 9.17) is 14.2 Å². The zero-order chi connectivity index (χ0) is 23.4. The number of rotatable bonds is 8. The Morgan fingerprint density at radius 1 is 1.03 bits per heavy atom. The number of fused-ring (bicyclic) bond motifs is 1. The van der Waals surface area contributed by atoms with Gasteiger partial charge < -0.3 is 19.1 Å². The maximum Gasteiger partial charge on any atom is 0.240 e. The van der Waals surface area contributed by atoms with Crippen LogP contribution in [0.4, 0.5) is 5.69 Å². The topological polar surface area (TPSA) is 80.3 Å². The average Bonchev–Trinajstić information content (AvgIpc) is 2.84. The third kappa shape index (κ3) is 5.27. The van der Waals surface area contributed by atoms with Gasteiger partial charge in [-0.05, 0) is 42.2 Å². The molecule has 2 aromatic carbocycles. The minimum atomic E-state index is -3.74. The zero-order valence-corrected chi connectivity index (χ0v) is 20.4. The standard InChI is InChI=1S/C24H33N3O5S/c1-26-10-4-5-18-15-19(6-8-21(18)26)22(27-11-13-32-14-12-27)17-25-33(28,29)20-7-9-23(30-2)24(16-20)31-3/h6-9,15-16,22,25H,4-5,10-14,17H2,1-3H3. The molecule has 1 unspecified atom stereocenters. The predicted octanol–water partition coefficient (Wildman–Crippen LogP) is 2.44. The van der Waals surface area contributed by atoms with Crippen LogP contribution in [-0.4, -0.2) is 74.0 Å². The Morgan fingerprint density at radius 2 is 1.79 bits per heavy atom. The van der Waals surface area contributed by atoms with Crippen molar-refractivity contribution >= 4 is 15.7 Å². The summed E-state index contributed by atoms with van der Waals surface area (Å²) >= 11 is 0. The van der Waals surface area contributed by atoms with Crippen LogP contribution in [0.15, 0.2) is 41.3 Å². The van der Waals surface area contributed by atoms with Crippen molar-refractivity contribution in [3.63, 3.8) is 0 Å². The molecule has 180 valence electrons. The van der Waals surface area contributed by atoms with Crippen molar-refractivity contribution in [1.29, 1.82) is 0 Å². The van der Waals surface area contributed by atoms with Gasteiger partial charge in [-0.2, -0.15) is 0 Å². The van der Waals surface area contributed by atoms with Crippen LogP contribution < -0.4 is 19.1 Å². The van der Waals surface area contributed by atoms with Gasteiger partial charge in [-0.25, -0.2) is 13.1 Å². The van der Waals surface area contributed by atoms with Crippen molar-refractivity contribution in [2.75, 3.05) is 65.6 Å². The highest BCUT2D eigenvalue weighted by atomic mass is 32.2. The van der Waals surface area contributed by atoms with Crippen molar-refractivity contribution in [3.8, 4) is 11.5 Å². The molecule has 0 saturated carbocycles. The van der Waals surface area contributed by atoms with Crippen LogP contribution in [0.5, 0.6) is 11.5 Å². The SMILES string of the molecule is COc1ccc(S(=O)(=O)NCC(c2ccc3c(c2)CCCN3C)N2CCOCC2)cc1OC. The molecule has 0 spiro atoms. The van der Waals surface area contributed by atoms with Crippen LogP contribution in [-0.2, 0) is 21.2 Å². The molecule has 0 aromatic heterocycles. The molecule has 2 aromatic rings. The molecule has 2 heterocycles. The Labute approximate surface area is 196 Å². The maximum atomic E-state index is 13.1. The molecule has 9 heteroatoms. The summed E-state index contributed by atoms with van der Waals surface area (Å²) in [6.07, 6.45) is 2.17. The van der Waals surface area contributed by atoms with E-state index in [2.05, 4.69) is 39.8 Å². The summed E-state index contributed by atoms with van der Waals surface area (Å²) in [6.45, 7) is 4.15. The minimum absolute atomic E-state index is 0.0821. The van der Waals surface area contributed by atoms with Gasteiger partial charge in [0.25, 0.3) is 0 Å². The summed E-state index contributed by atoms with van der Waals surface area (Å²) in [7, 11) is 1.39. The third-order valence-corrected chi connectivity index (χ3v) is 7.88. The molecular formula is C24H33N3O5S. The zero-order valence-electron chi connectivity index (χ0n) is 19.5. The van der Waals surface area contributed by atoms with Crippen LogP contribution in [0.2, 0.25) is 0 Å². The number of benzene rings is 2. The highest BCUT2D eigenvalue weighted by Gasteiger charge is 2.27. The van der Waals surface area contributed by atoms with E-state index in [0.29, 0.717) is 24.7 Å². The van der Waals surface area contributed by atoms with Crippen LogP contribution in [0.1, 0.15) is 23.6 Å². The molecule has 0 amide bonds. The van der Waals surface area contributed by atoms with Gasteiger partial charge in [0.2, 0.25) is 10.0 Å². The van der Waals surface area contributed by atoms with Crippen LogP contribution in [0.25, 0.3) is 0 Å². The fourth-order valence-electron chi connectivity index (χ4n) is 4.62. The van der Waals surface area contributed by atoms with Crippen LogP contribution in [0.3, 0.4) is 0 Å². The molecular weight excluding hydrogens is 442 g/mol. The Balaban J connectivity index is 1.59. The van der Waals surface area contributed by atoms with E-state index in [9.17, 15) is 8.42 Å². The largest absolute Gasteiger partial charge is 0.493 e. The highest BCUT2D eigenvalue weighted by molar-refractivity contribution is 7.89. The summed E-state index contributed by atoms with van der Waals surface area (Å²) in [5, 5.41) is 0. The number of nitrogens with one attached hydrogen (secondary N) is 1. The summed E-state index contributed by atoms with van der Waals surface area (Å²) in [4.78, 5) is 4.73. The number of nitrogens with zero attached hydrogens (tertiary/aromatic N) is 2. The lowest BCUT2D eigenvalue weighted by molar-refractivity contribution is 0.0172. The molecule has 1 atom stereocenters. The lowest BCUT2D eigenvalue weighted by atomic mass is 9.96. The number of hydrogen-bond donors (Lipinski definition) is 1. The van der Waals surface area contributed by atoms with Gasteiger partial charge in [0, 0.05) is 51.0 Å². The second-order valence-corrected chi connectivity index (χ2v) is 10.2. The van der Waals surface area contributed by atoms with Crippen molar-refractivity contribution in [2.45, 2.75) is 23.8 Å². The molecule has 2 aliphatic heterocycles. The van der Waals surface area contributed by atoms with E-state index in [1.54, 1.807) is 6.07 Å². The Kier molecular flexibility index (Phi) is 7.43. The molecule has 33 heavy (non-hydrogen) atoms. The predicted molar refractivity (Wildman–Crippen MR) is 128 cm³/mol. The van der Waals surface area contributed by atoms with Gasteiger partial charge in [-0.1, -0.05) is 12.1 Å². The molecule has 1 N–H and O–H groups in total. The summed E-state index contributed by atoms with van der Waals surface area (Å²) in [6, 6.07) is 11.1. The number of anilines is 1. The van der Waals surface area contributed by atoms with E-state index in [1.165, 1.54) is 37.6 Å². The monoisotopic (exact) mass is 475 g/mol. The van der Waals surface area contributed by atoms with Gasteiger partial charge >= 0.3 is 0 Å². The molecule has 0 aliphatic carbocycles. The van der Waals surface area contributed by atoms with E-state index in [0.717, 1.165) is 38.0 Å². The fraction of sp³-hybridized carbons (Fsp3) is 0.500. The summed E-state index contributed by atoms with van der Waals surface area (Å²) < 4.78 is 45.2. The Morgan fingerprint density at radius 3 is 2.52 bits per heavy atom. The molecule has 8 nitrogen and oxygen atoms in total. The first kappa shape index (κ1) is 23.8. The third-order valence-electron chi connectivity index (χ3n) is 6.46. The van der Waals surface area contributed by atoms with E-state index in [-0.39, 0.29) is 17.5 Å². The lowest BCUT2D eigenvalue weighted by Crippen LogP contribution is -2.43. The molecule has 1 fully saturated rings. The Hall–Kier alpha value is -2.33. The first-order chi connectivity index (χ1) is 15.9. The van der Waals surface area contributed by atoms with Crippen LogP contribution >= 0.6 is 0 Å². The number of aryl methyl sites for hydroxylation is 1. The molecule has 2 aliphatic rings. The van der Waals surface area contributed by atoms with E-state index < -0.39 is 10.0 Å². The normalized spacial score (nSPS) is 18.0. The minimum Gasteiger partial charge on any atom is -0.493 e. The van der Waals surface area contributed by atoms with Gasteiger partial charge in [0.15, 0.2) is 11.5 Å². The Bertz CT molecular complexity index is 1070. The average molecular weight is 476 g/mol. The second kappa shape index (κ2) is 10.3. The highest BCUT2D eigenvalue weighted by Crippen LogP contribution is 2.32. The smallest absolute Gasteiger partial charge is 0.240 e. The number of methoxy groups -OCH3 is 2. The summed E-state index contributed by atoms with van der Waals surface area (Å²) in [5.74, 6) is 0.866. The van der Waals surface area contributed by atoms with Gasteiger partial charge in [0.1, 0.15) is 0 Å². The molecule has 0 radical (unpaired) electrons. The molecule has 4 rings (SSSR count). The first-order valence-electron chi connectivity index (χ1n) is 11.3. The van der Waals surface area contributed by atoms with Crippen molar-refractivity contribution in [2.24, 2.45) is 0 Å². The van der Waals surface area contributed by atoms with Gasteiger partial charge in [-0.15, -0.1) is 0 Å². The summed E-state index contributed by atoms with van der Waals surface area (Å²) in [5.41, 5.74) is 3.71.